The lowest BCUT2D eigenvalue weighted by Crippen LogP contribution is -2.00. The van der Waals surface area contributed by atoms with E-state index in [9.17, 15) is 9.59 Å². The van der Waals surface area contributed by atoms with E-state index in [0.717, 1.165) is 5.56 Å². The van der Waals surface area contributed by atoms with Crippen molar-refractivity contribution in [2.75, 3.05) is 7.11 Å². The molecule has 5 heteroatoms. The average molecular weight is 257 g/mol. The van der Waals surface area contributed by atoms with Gasteiger partial charge in [-0.15, -0.1) is 0 Å². The van der Waals surface area contributed by atoms with Gasteiger partial charge in [0.15, 0.2) is 0 Å². The van der Waals surface area contributed by atoms with Gasteiger partial charge < -0.3 is 9.84 Å². The number of carboxylic acid groups (broad SMARTS) is 1. The van der Waals surface area contributed by atoms with Crippen molar-refractivity contribution in [2.45, 2.75) is 0 Å². The van der Waals surface area contributed by atoms with Crippen LogP contribution >= 0.6 is 0 Å². The van der Waals surface area contributed by atoms with Crippen LogP contribution in [-0.4, -0.2) is 29.1 Å². The molecular formula is C14H11NO4. The van der Waals surface area contributed by atoms with Crippen molar-refractivity contribution in [2.24, 2.45) is 0 Å². The van der Waals surface area contributed by atoms with Gasteiger partial charge in [-0.2, -0.15) is 0 Å². The van der Waals surface area contributed by atoms with Gasteiger partial charge in [0.1, 0.15) is 0 Å². The van der Waals surface area contributed by atoms with E-state index in [-0.39, 0.29) is 5.56 Å². The molecule has 0 fully saturated rings. The molecule has 0 saturated carbocycles. The molecule has 1 aromatic heterocycles. The number of carboxylic acids is 1. The lowest BCUT2D eigenvalue weighted by molar-refractivity contribution is 0.0600. The molecule has 0 aliphatic carbocycles. The molecule has 0 radical (unpaired) electrons. The van der Waals surface area contributed by atoms with Gasteiger partial charge in [-0.1, -0.05) is 12.1 Å². The summed E-state index contributed by atoms with van der Waals surface area (Å²) in [7, 11) is 1.31. The van der Waals surface area contributed by atoms with Crippen molar-refractivity contribution in [3.63, 3.8) is 0 Å². The highest BCUT2D eigenvalue weighted by molar-refractivity contribution is 5.90. The second kappa shape index (κ2) is 5.30. The summed E-state index contributed by atoms with van der Waals surface area (Å²) in [5.41, 5.74) is 1.87. The number of hydrogen-bond donors (Lipinski definition) is 1. The zero-order valence-electron chi connectivity index (χ0n) is 10.2. The Morgan fingerprint density at radius 1 is 1.11 bits per heavy atom. The van der Waals surface area contributed by atoms with Crippen LogP contribution in [0.1, 0.15) is 20.7 Å². The van der Waals surface area contributed by atoms with E-state index in [0.29, 0.717) is 11.3 Å². The van der Waals surface area contributed by atoms with E-state index < -0.39 is 11.9 Å². The number of esters is 1. The highest BCUT2D eigenvalue weighted by Crippen LogP contribution is 2.18. The molecule has 19 heavy (non-hydrogen) atoms. The summed E-state index contributed by atoms with van der Waals surface area (Å²) < 4.78 is 4.60. The summed E-state index contributed by atoms with van der Waals surface area (Å²) >= 11 is 0. The Bertz CT molecular complexity index is 620. The van der Waals surface area contributed by atoms with Crippen LogP contribution in [0.3, 0.4) is 0 Å². The van der Waals surface area contributed by atoms with E-state index in [1.807, 2.05) is 0 Å². The van der Waals surface area contributed by atoms with Gasteiger partial charge in [-0.05, 0) is 24.3 Å². The zero-order valence-corrected chi connectivity index (χ0v) is 10.2. The molecule has 1 N–H and O–H groups in total. The molecule has 0 spiro atoms. The molecule has 2 rings (SSSR count). The van der Waals surface area contributed by atoms with Crippen LogP contribution in [0, 0.1) is 0 Å². The van der Waals surface area contributed by atoms with Crippen molar-refractivity contribution in [3.05, 3.63) is 53.7 Å². The lowest BCUT2D eigenvalue weighted by atomic mass is 10.1. The molecule has 96 valence electrons. The number of carbonyl (C=O) groups is 2. The molecule has 0 saturated heterocycles. The summed E-state index contributed by atoms with van der Waals surface area (Å²) in [4.78, 5) is 26.3. The predicted molar refractivity (Wildman–Crippen MR) is 68.0 cm³/mol. The van der Waals surface area contributed by atoms with Crippen molar-refractivity contribution in [1.82, 2.24) is 4.98 Å². The highest BCUT2D eigenvalue weighted by Gasteiger charge is 2.08. The van der Waals surface area contributed by atoms with Gasteiger partial charge in [0.2, 0.25) is 0 Å². The number of methoxy groups -OCH3 is 1. The molecule has 1 heterocycles. The Hall–Kier alpha value is -2.69. The Labute approximate surface area is 109 Å². The first-order valence-electron chi connectivity index (χ1n) is 5.50. The number of benzene rings is 1. The second-order valence-corrected chi connectivity index (χ2v) is 3.80. The predicted octanol–water partition coefficient (Wildman–Crippen LogP) is 2.23. The number of carbonyl (C=O) groups excluding carboxylic acids is 1. The Morgan fingerprint density at radius 3 is 2.37 bits per heavy atom. The number of pyridine rings is 1. The fourth-order valence-electron chi connectivity index (χ4n) is 1.62. The first-order valence-corrected chi connectivity index (χ1v) is 5.50. The van der Waals surface area contributed by atoms with Gasteiger partial charge in [0.05, 0.1) is 23.9 Å². The molecule has 0 unspecified atom stereocenters. The van der Waals surface area contributed by atoms with Crippen molar-refractivity contribution in [1.29, 1.82) is 0 Å². The number of ether oxygens (including phenoxy) is 1. The molecule has 0 amide bonds. The smallest absolute Gasteiger partial charge is 0.337 e. The van der Waals surface area contributed by atoms with E-state index in [1.165, 1.54) is 25.4 Å². The van der Waals surface area contributed by atoms with E-state index in [1.54, 1.807) is 24.3 Å². The average Bonchev–Trinajstić information content (AvgIpc) is 2.46. The fourth-order valence-corrected chi connectivity index (χ4v) is 1.62. The maximum Gasteiger partial charge on any atom is 0.337 e. The third-order valence-electron chi connectivity index (χ3n) is 2.61. The van der Waals surface area contributed by atoms with E-state index in [2.05, 4.69) is 9.72 Å². The number of rotatable bonds is 3. The van der Waals surface area contributed by atoms with E-state index in [4.69, 9.17) is 5.11 Å². The highest BCUT2D eigenvalue weighted by atomic mass is 16.5. The largest absolute Gasteiger partial charge is 0.478 e. The molecule has 0 aliphatic rings. The minimum absolute atomic E-state index is 0.169. The maximum absolute atomic E-state index is 11.3. The number of hydrogen-bond acceptors (Lipinski definition) is 4. The molecule has 0 aliphatic heterocycles. The molecule has 0 atom stereocenters. The first kappa shape index (κ1) is 12.8. The first-order chi connectivity index (χ1) is 9.11. The summed E-state index contributed by atoms with van der Waals surface area (Å²) in [6.45, 7) is 0. The normalized spacial score (nSPS) is 9.95. The van der Waals surface area contributed by atoms with Gasteiger partial charge >= 0.3 is 11.9 Å². The number of aromatic nitrogens is 1. The number of nitrogens with zero attached hydrogens (tertiary/aromatic N) is 1. The maximum atomic E-state index is 11.3. The fraction of sp³-hybridized carbons (Fsp3) is 0.0714. The Morgan fingerprint density at radius 2 is 1.79 bits per heavy atom. The summed E-state index contributed by atoms with van der Waals surface area (Å²) in [5, 5.41) is 8.92. The summed E-state index contributed by atoms with van der Waals surface area (Å²) in [6, 6.07) is 9.51. The molecule has 2 aromatic rings. The topological polar surface area (TPSA) is 76.5 Å². The summed E-state index contributed by atoms with van der Waals surface area (Å²) in [6.07, 6.45) is 1.44. The van der Waals surface area contributed by atoms with Crippen molar-refractivity contribution < 1.29 is 19.4 Å². The van der Waals surface area contributed by atoms with Crippen LogP contribution in [0.15, 0.2) is 42.6 Å². The van der Waals surface area contributed by atoms with Crippen LogP contribution in [0.4, 0.5) is 0 Å². The van der Waals surface area contributed by atoms with Crippen molar-refractivity contribution in [3.8, 4) is 11.3 Å². The second-order valence-electron chi connectivity index (χ2n) is 3.80. The molecular weight excluding hydrogens is 246 g/mol. The van der Waals surface area contributed by atoms with Crippen LogP contribution in [0.25, 0.3) is 11.3 Å². The van der Waals surface area contributed by atoms with Crippen molar-refractivity contribution >= 4 is 11.9 Å². The van der Waals surface area contributed by atoms with Gasteiger partial charge in [-0.3, -0.25) is 4.98 Å². The monoisotopic (exact) mass is 257 g/mol. The molecule has 5 nitrogen and oxygen atoms in total. The Balaban J connectivity index is 2.34. The molecule has 1 aromatic carbocycles. The molecule has 0 bridgehead atoms. The van der Waals surface area contributed by atoms with E-state index >= 15 is 0 Å². The van der Waals surface area contributed by atoms with Crippen LogP contribution < -0.4 is 0 Å². The van der Waals surface area contributed by atoms with Crippen LogP contribution in [0.5, 0.6) is 0 Å². The van der Waals surface area contributed by atoms with Crippen LogP contribution in [-0.2, 0) is 4.74 Å². The van der Waals surface area contributed by atoms with Gasteiger partial charge in [0, 0.05) is 11.8 Å². The third kappa shape index (κ3) is 2.77. The van der Waals surface area contributed by atoms with Gasteiger partial charge in [0.25, 0.3) is 0 Å². The van der Waals surface area contributed by atoms with Gasteiger partial charge in [-0.25, -0.2) is 9.59 Å². The standard InChI is InChI=1S/C14H11NO4/c1-19-14(18)10-4-2-9(3-5-10)12-8-11(13(16)17)6-7-15-12/h2-8H,1H3,(H,16,17). The zero-order chi connectivity index (χ0) is 13.8. The third-order valence-corrected chi connectivity index (χ3v) is 2.61. The number of aromatic carboxylic acids is 1. The minimum Gasteiger partial charge on any atom is -0.478 e. The lowest BCUT2D eigenvalue weighted by Gasteiger charge is -2.03. The minimum atomic E-state index is -1.00. The quantitative estimate of drug-likeness (QED) is 0.853. The Kier molecular flexibility index (Phi) is 3.56. The SMILES string of the molecule is COC(=O)c1ccc(-c2cc(C(=O)O)ccn2)cc1. The summed E-state index contributed by atoms with van der Waals surface area (Å²) in [5.74, 6) is -1.42. The van der Waals surface area contributed by atoms with Crippen LogP contribution in [0.2, 0.25) is 0 Å².